The fourth-order valence-electron chi connectivity index (χ4n) is 1.69. The van der Waals surface area contributed by atoms with Crippen LogP contribution < -0.4 is 5.32 Å². The fraction of sp³-hybridized carbons (Fsp3) is 0.231. The molecule has 6 nitrogen and oxygen atoms in total. The lowest BCUT2D eigenvalue weighted by Crippen LogP contribution is -2.04. The van der Waals surface area contributed by atoms with Crippen molar-refractivity contribution in [3.63, 3.8) is 0 Å². The standard InChI is InChI=1S/C13H13ClN4O2/c1-8-3-13(18(19)20)11(14)4-12(8)17-7-10-6-15-9(2)5-16-10/h3-6,17H,7H2,1-2H3. The molecule has 0 radical (unpaired) electrons. The molecule has 0 spiro atoms. The maximum absolute atomic E-state index is 10.8. The van der Waals surface area contributed by atoms with Crippen LogP contribution in [0.1, 0.15) is 17.0 Å². The molecule has 104 valence electrons. The van der Waals surface area contributed by atoms with E-state index in [-0.39, 0.29) is 10.7 Å². The van der Waals surface area contributed by atoms with Gasteiger partial charge < -0.3 is 5.32 Å². The SMILES string of the molecule is Cc1cnc(CNc2cc(Cl)c([N+](=O)[O-])cc2C)cn1. The van der Waals surface area contributed by atoms with Gasteiger partial charge in [0.1, 0.15) is 5.02 Å². The molecule has 2 aromatic rings. The minimum absolute atomic E-state index is 0.0927. The number of nitrogens with one attached hydrogen (secondary N) is 1. The van der Waals surface area contributed by atoms with Crippen LogP contribution in [0.15, 0.2) is 24.5 Å². The normalized spacial score (nSPS) is 10.3. The molecule has 1 aromatic heterocycles. The van der Waals surface area contributed by atoms with E-state index in [1.807, 2.05) is 6.92 Å². The van der Waals surface area contributed by atoms with Gasteiger partial charge in [0.05, 0.1) is 29.1 Å². The lowest BCUT2D eigenvalue weighted by atomic mass is 10.1. The maximum Gasteiger partial charge on any atom is 0.288 e. The summed E-state index contributed by atoms with van der Waals surface area (Å²) in [7, 11) is 0. The van der Waals surface area contributed by atoms with Gasteiger partial charge in [-0.15, -0.1) is 0 Å². The highest BCUT2D eigenvalue weighted by atomic mass is 35.5. The topological polar surface area (TPSA) is 81.0 Å². The second kappa shape index (κ2) is 5.83. The van der Waals surface area contributed by atoms with Crippen molar-refractivity contribution in [3.8, 4) is 0 Å². The van der Waals surface area contributed by atoms with Gasteiger partial charge in [-0.25, -0.2) is 0 Å². The number of nitro benzene ring substituents is 1. The Kier molecular flexibility index (Phi) is 4.14. The van der Waals surface area contributed by atoms with E-state index >= 15 is 0 Å². The minimum Gasteiger partial charge on any atom is -0.379 e. The van der Waals surface area contributed by atoms with Gasteiger partial charge in [0.25, 0.3) is 5.69 Å². The van der Waals surface area contributed by atoms with Crippen molar-refractivity contribution >= 4 is 23.0 Å². The summed E-state index contributed by atoms with van der Waals surface area (Å²) < 4.78 is 0. The van der Waals surface area contributed by atoms with Crippen molar-refractivity contribution in [2.75, 3.05) is 5.32 Å². The zero-order valence-electron chi connectivity index (χ0n) is 11.1. The van der Waals surface area contributed by atoms with Gasteiger partial charge in [0, 0.05) is 18.0 Å². The fourth-order valence-corrected chi connectivity index (χ4v) is 1.93. The summed E-state index contributed by atoms with van der Waals surface area (Å²) in [5.41, 5.74) is 3.03. The van der Waals surface area contributed by atoms with Crippen molar-refractivity contribution in [2.24, 2.45) is 0 Å². The number of nitrogens with zero attached hydrogens (tertiary/aromatic N) is 3. The number of anilines is 1. The van der Waals surface area contributed by atoms with Crippen LogP contribution in [-0.2, 0) is 6.54 Å². The Labute approximate surface area is 121 Å². The van der Waals surface area contributed by atoms with E-state index in [2.05, 4.69) is 15.3 Å². The van der Waals surface area contributed by atoms with Crippen molar-refractivity contribution in [1.82, 2.24) is 9.97 Å². The predicted octanol–water partition coefficient (Wildman–Crippen LogP) is 3.27. The van der Waals surface area contributed by atoms with Crippen LogP contribution in [-0.4, -0.2) is 14.9 Å². The lowest BCUT2D eigenvalue weighted by Gasteiger charge is -2.10. The maximum atomic E-state index is 10.8. The molecule has 0 unspecified atom stereocenters. The molecule has 20 heavy (non-hydrogen) atoms. The molecule has 7 heteroatoms. The Morgan fingerprint density at radius 3 is 2.65 bits per heavy atom. The van der Waals surface area contributed by atoms with Crippen molar-refractivity contribution in [1.29, 1.82) is 0 Å². The zero-order chi connectivity index (χ0) is 14.7. The van der Waals surface area contributed by atoms with E-state index in [9.17, 15) is 10.1 Å². The predicted molar refractivity (Wildman–Crippen MR) is 76.9 cm³/mol. The monoisotopic (exact) mass is 292 g/mol. The Morgan fingerprint density at radius 1 is 1.30 bits per heavy atom. The second-order valence-corrected chi connectivity index (χ2v) is 4.79. The van der Waals surface area contributed by atoms with Gasteiger partial charge in [-0.1, -0.05) is 11.6 Å². The summed E-state index contributed by atoms with van der Waals surface area (Å²) >= 11 is 5.89. The summed E-state index contributed by atoms with van der Waals surface area (Å²) in [6.07, 6.45) is 3.37. The van der Waals surface area contributed by atoms with Crippen LogP contribution >= 0.6 is 11.6 Å². The van der Waals surface area contributed by atoms with Crippen molar-refractivity contribution in [2.45, 2.75) is 20.4 Å². The van der Waals surface area contributed by atoms with Crippen LogP contribution in [0, 0.1) is 24.0 Å². The smallest absolute Gasteiger partial charge is 0.288 e. The van der Waals surface area contributed by atoms with E-state index in [1.165, 1.54) is 6.07 Å². The number of rotatable bonds is 4. The number of halogens is 1. The molecule has 0 saturated carbocycles. The molecule has 0 aliphatic heterocycles. The molecule has 0 atom stereocenters. The van der Waals surface area contributed by atoms with Gasteiger partial charge >= 0.3 is 0 Å². The molecule has 2 rings (SSSR count). The molecule has 0 saturated heterocycles. The van der Waals surface area contributed by atoms with Crippen molar-refractivity contribution in [3.05, 3.63) is 56.6 Å². The van der Waals surface area contributed by atoms with Gasteiger partial charge in [0.2, 0.25) is 0 Å². The molecule has 0 bridgehead atoms. The van der Waals surface area contributed by atoms with E-state index in [0.717, 1.165) is 22.6 Å². The van der Waals surface area contributed by atoms with Gasteiger partial charge in [-0.2, -0.15) is 0 Å². The largest absolute Gasteiger partial charge is 0.379 e. The molecule has 0 amide bonds. The molecule has 0 aliphatic rings. The molecule has 1 N–H and O–H groups in total. The van der Waals surface area contributed by atoms with E-state index < -0.39 is 4.92 Å². The summed E-state index contributed by atoms with van der Waals surface area (Å²) in [6.45, 7) is 4.12. The molecular formula is C13H13ClN4O2. The average molecular weight is 293 g/mol. The Hall–Kier alpha value is -2.21. The quantitative estimate of drug-likeness (QED) is 0.691. The highest BCUT2D eigenvalue weighted by Gasteiger charge is 2.14. The van der Waals surface area contributed by atoms with Crippen molar-refractivity contribution < 1.29 is 4.92 Å². The Morgan fingerprint density at radius 2 is 2.05 bits per heavy atom. The molecule has 1 heterocycles. The third-order valence-corrected chi connectivity index (χ3v) is 3.09. The van der Waals surface area contributed by atoms with E-state index in [4.69, 9.17) is 11.6 Å². The lowest BCUT2D eigenvalue weighted by molar-refractivity contribution is -0.384. The van der Waals surface area contributed by atoms with Gasteiger partial charge in [-0.05, 0) is 25.5 Å². The zero-order valence-corrected chi connectivity index (χ0v) is 11.8. The number of aromatic nitrogens is 2. The summed E-state index contributed by atoms with van der Waals surface area (Å²) in [4.78, 5) is 18.7. The van der Waals surface area contributed by atoms with Crippen LogP contribution in [0.4, 0.5) is 11.4 Å². The molecule has 1 aromatic carbocycles. The van der Waals surface area contributed by atoms with E-state index in [1.54, 1.807) is 25.4 Å². The van der Waals surface area contributed by atoms with Crippen LogP contribution in [0.2, 0.25) is 5.02 Å². The first-order chi connectivity index (χ1) is 9.47. The summed E-state index contributed by atoms with van der Waals surface area (Å²) in [5.74, 6) is 0. The third-order valence-electron chi connectivity index (χ3n) is 2.78. The highest BCUT2D eigenvalue weighted by molar-refractivity contribution is 6.33. The third kappa shape index (κ3) is 3.21. The first-order valence-electron chi connectivity index (χ1n) is 5.93. The minimum atomic E-state index is -0.495. The Bertz CT molecular complexity index is 644. The number of aryl methyl sites for hydroxylation is 2. The van der Waals surface area contributed by atoms with E-state index in [0.29, 0.717) is 6.54 Å². The Balaban J connectivity index is 2.16. The number of nitro groups is 1. The molecule has 0 fully saturated rings. The average Bonchev–Trinajstić information content (AvgIpc) is 2.41. The summed E-state index contributed by atoms with van der Waals surface area (Å²) in [5, 5.41) is 14.0. The second-order valence-electron chi connectivity index (χ2n) is 4.38. The first-order valence-corrected chi connectivity index (χ1v) is 6.31. The van der Waals surface area contributed by atoms with Gasteiger partial charge in [0.15, 0.2) is 0 Å². The van der Waals surface area contributed by atoms with Gasteiger partial charge in [-0.3, -0.25) is 20.1 Å². The highest BCUT2D eigenvalue weighted by Crippen LogP contribution is 2.30. The molecular weight excluding hydrogens is 280 g/mol. The summed E-state index contributed by atoms with van der Waals surface area (Å²) in [6, 6.07) is 3.00. The number of hydrogen-bond acceptors (Lipinski definition) is 5. The first kappa shape index (κ1) is 14.2. The van der Waals surface area contributed by atoms with Crippen LogP contribution in [0.3, 0.4) is 0 Å². The van der Waals surface area contributed by atoms with Crippen LogP contribution in [0.5, 0.6) is 0 Å². The number of benzene rings is 1. The van der Waals surface area contributed by atoms with Crippen LogP contribution in [0.25, 0.3) is 0 Å². The molecule has 0 aliphatic carbocycles. The number of hydrogen-bond donors (Lipinski definition) is 1.